The van der Waals surface area contributed by atoms with E-state index in [4.69, 9.17) is 0 Å². The molecule has 0 saturated heterocycles. The van der Waals surface area contributed by atoms with Gasteiger partial charge in [0.1, 0.15) is 0 Å². The highest BCUT2D eigenvalue weighted by Crippen LogP contribution is 2.39. The number of hydrogen-bond donors (Lipinski definition) is 0. The molecule has 0 bridgehead atoms. The molecule has 3 nitrogen and oxygen atoms in total. The number of nitriles is 1. The number of fused-ring (bicyclic) bond motifs is 1. The Morgan fingerprint density at radius 3 is 3.00 bits per heavy atom. The van der Waals surface area contributed by atoms with E-state index in [2.05, 4.69) is 28.6 Å². The fourth-order valence-corrected chi connectivity index (χ4v) is 3.30. The standard InChI is InChI=1S/C16H19N3/c1-2-12-7-8-13(10-17)16(9-12)19-11-18-14-5-3-4-6-15(14)19/h3-6,11-13,16H,2,7-9H2,1H3. The van der Waals surface area contributed by atoms with Crippen LogP contribution in [-0.4, -0.2) is 9.55 Å². The van der Waals surface area contributed by atoms with Gasteiger partial charge in [-0.2, -0.15) is 5.26 Å². The van der Waals surface area contributed by atoms with Crippen LogP contribution < -0.4 is 0 Å². The van der Waals surface area contributed by atoms with Crippen LogP contribution in [-0.2, 0) is 0 Å². The molecule has 0 N–H and O–H groups in total. The third kappa shape index (κ3) is 2.12. The quantitative estimate of drug-likeness (QED) is 0.813. The summed E-state index contributed by atoms with van der Waals surface area (Å²) < 4.78 is 2.23. The average Bonchev–Trinajstić information content (AvgIpc) is 2.90. The van der Waals surface area contributed by atoms with Gasteiger partial charge in [0, 0.05) is 0 Å². The van der Waals surface area contributed by atoms with Crippen molar-refractivity contribution in [3.63, 3.8) is 0 Å². The number of nitrogens with zero attached hydrogens (tertiary/aromatic N) is 3. The molecule has 1 heterocycles. The molecule has 98 valence electrons. The predicted molar refractivity (Wildman–Crippen MR) is 75.5 cm³/mol. The Balaban J connectivity index is 2.00. The Hall–Kier alpha value is -1.82. The topological polar surface area (TPSA) is 41.6 Å². The minimum Gasteiger partial charge on any atom is -0.326 e. The molecule has 3 atom stereocenters. The minimum absolute atomic E-state index is 0.125. The maximum Gasteiger partial charge on any atom is 0.0961 e. The van der Waals surface area contributed by atoms with E-state index >= 15 is 0 Å². The van der Waals surface area contributed by atoms with E-state index in [0.29, 0.717) is 0 Å². The van der Waals surface area contributed by atoms with Crippen molar-refractivity contribution >= 4 is 11.0 Å². The highest BCUT2D eigenvalue weighted by atomic mass is 15.1. The average molecular weight is 253 g/mol. The first-order valence-corrected chi connectivity index (χ1v) is 7.14. The van der Waals surface area contributed by atoms with Crippen LogP contribution in [0.25, 0.3) is 11.0 Å². The smallest absolute Gasteiger partial charge is 0.0961 e. The lowest BCUT2D eigenvalue weighted by Crippen LogP contribution is -2.26. The van der Waals surface area contributed by atoms with Crippen LogP contribution in [0.4, 0.5) is 0 Å². The first kappa shape index (κ1) is 12.2. The van der Waals surface area contributed by atoms with Gasteiger partial charge < -0.3 is 4.57 Å². The second-order valence-electron chi connectivity index (χ2n) is 5.53. The summed E-state index contributed by atoms with van der Waals surface area (Å²) >= 11 is 0. The van der Waals surface area contributed by atoms with Gasteiger partial charge in [-0.1, -0.05) is 25.5 Å². The molecular formula is C16H19N3. The van der Waals surface area contributed by atoms with Gasteiger partial charge in [-0.25, -0.2) is 4.98 Å². The van der Waals surface area contributed by atoms with Crippen LogP contribution in [0.15, 0.2) is 30.6 Å². The molecule has 3 rings (SSSR count). The van der Waals surface area contributed by atoms with E-state index in [1.54, 1.807) is 0 Å². The van der Waals surface area contributed by atoms with Crippen molar-refractivity contribution < 1.29 is 0 Å². The summed E-state index contributed by atoms with van der Waals surface area (Å²) in [6.07, 6.45) is 6.44. The molecule has 1 aromatic heterocycles. The second kappa shape index (κ2) is 5.05. The summed E-state index contributed by atoms with van der Waals surface area (Å²) in [6, 6.07) is 11.0. The van der Waals surface area contributed by atoms with E-state index in [-0.39, 0.29) is 12.0 Å². The lowest BCUT2D eigenvalue weighted by Gasteiger charge is -2.33. The summed E-state index contributed by atoms with van der Waals surface area (Å²) in [6.45, 7) is 2.25. The monoisotopic (exact) mass is 253 g/mol. The number of aromatic nitrogens is 2. The van der Waals surface area contributed by atoms with Gasteiger partial charge in [0.05, 0.1) is 35.4 Å². The molecule has 2 aromatic rings. The van der Waals surface area contributed by atoms with E-state index in [9.17, 15) is 5.26 Å². The Bertz CT molecular complexity index is 608. The van der Waals surface area contributed by atoms with E-state index in [1.165, 1.54) is 12.8 Å². The van der Waals surface area contributed by atoms with Gasteiger partial charge in [0.2, 0.25) is 0 Å². The number of hydrogen-bond acceptors (Lipinski definition) is 2. The van der Waals surface area contributed by atoms with Crippen LogP contribution >= 0.6 is 0 Å². The molecule has 0 radical (unpaired) electrons. The van der Waals surface area contributed by atoms with Crippen molar-refractivity contribution in [1.82, 2.24) is 9.55 Å². The molecule has 1 fully saturated rings. The summed E-state index contributed by atoms with van der Waals surface area (Å²) in [4.78, 5) is 4.47. The lowest BCUT2D eigenvalue weighted by atomic mass is 9.77. The summed E-state index contributed by atoms with van der Waals surface area (Å²) in [7, 11) is 0. The molecule has 0 spiro atoms. The van der Waals surface area contributed by atoms with Crippen molar-refractivity contribution in [2.75, 3.05) is 0 Å². The largest absolute Gasteiger partial charge is 0.326 e. The third-order valence-corrected chi connectivity index (χ3v) is 4.51. The molecule has 1 saturated carbocycles. The van der Waals surface area contributed by atoms with E-state index in [1.807, 2.05) is 24.5 Å². The molecule has 0 aliphatic heterocycles. The molecule has 3 unspecified atom stereocenters. The Morgan fingerprint density at radius 1 is 1.37 bits per heavy atom. The van der Waals surface area contributed by atoms with Gasteiger partial charge in [-0.05, 0) is 37.3 Å². The zero-order chi connectivity index (χ0) is 13.2. The van der Waals surface area contributed by atoms with Crippen molar-refractivity contribution in [3.05, 3.63) is 30.6 Å². The fraction of sp³-hybridized carbons (Fsp3) is 0.500. The van der Waals surface area contributed by atoms with Crippen LogP contribution in [0.3, 0.4) is 0 Å². The minimum atomic E-state index is 0.125. The highest BCUT2D eigenvalue weighted by molar-refractivity contribution is 5.75. The summed E-state index contributed by atoms with van der Waals surface area (Å²) in [5.74, 6) is 0.871. The Labute approximate surface area is 113 Å². The van der Waals surface area contributed by atoms with Crippen molar-refractivity contribution in [1.29, 1.82) is 5.26 Å². The molecular weight excluding hydrogens is 234 g/mol. The predicted octanol–water partition coefficient (Wildman–Crippen LogP) is 3.93. The molecule has 19 heavy (non-hydrogen) atoms. The number of rotatable bonds is 2. The molecule has 1 aromatic carbocycles. The van der Waals surface area contributed by atoms with Crippen molar-refractivity contribution in [2.24, 2.45) is 11.8 Å². The fourth-order valence-electron chi connectivity index (χ4n) is 3.30. The van der Waals surface area contributed by atoms with Crippen molar-refractivity contribution in [2.45, 2.75) is 38.6 Å². The van der Waals surface area contributed by atoms with Gasteiger partial charge in [-0.15, -0.1) is 0 Å². The molecule has 1 aliphatic carbocycles. The molecule has 1 aliphatic rings. The van der Waals surface area contributed by atoms with Gasteiger partial charge in [-0.3, -0.25) is 0 Å². The number of para-hydroxylation sites is 2. The zero-order valence-electron chi connectivity index (χ0n) is 11.3. The maximum absolute atomic E-state index is 9.41. The summed E-state index contributed by atoms with van der Waals surface area (Å²) in [5, 5.41) is 9.41. The first-order valence-electron chi connectivity index (χ1n) is 7.14. The zero-order valence-corrected chi connectivity index (χ0v) is 11.3. The first-order chi connectivity index (χ1) is 9.33. The SMILES string of the molecule is CCC1CCC(C#N)C(n2cnc3ccccc32)C1. The number of benzene rings is 1. The van der Waals surface area contributed by atoms with Crippen molar-refractivity contribution in [3.8, 4) is 6.07 Å². The van der Waals surface area contributed by atoms with E-state index in [0.717, 1.165) is 29.8 Å². The molecule has 0 amide bonds. The lowest BCUT2D eigenvalue weighted by molar-refractivity contribution is 0.220. The van der Waals surface area contributed by atoms with Crippen LogP contribution in [0, 0.1) is 23.2 Å². The third-order valence-electron chi connectivity index (χ3n) is 4.51. The van der Waals surface area contributed by atoms with Gasteiger partial charge in [0.25, 0.3) is 0 Å². The maximum atomic E-state index is 9.41. The number of imidazole rings is 1. The Morgan fingerprint density at radius 2 is 2.21 bits per heavy atom. The van der Waals surface area contributed by atoms with Crippen LogP contribution in [0.5, 0.6) is 0 Å². The van der Waals surface area contributed by atoms with Crippen LogP contribution in [0.2, 0.25) is 0 Å². The van der Waals surface area contributed by atoms with Gasteiger partial charge >= 0.3 is 0 Å². The highest BCUT2D eigenvalue weighted by Gasteiger charge is 2.31. The van der Waals surface area contributed by atoms with E-state index < -0.39 is 0 Å². The van der Waals surface area contributed by atoms with Gasteiger partial charge in [0.15, 0.2) is 0 Å². The second-order valence-corrected chi connectivity index (χ2v) is 5.53. The summed E-state index contributed by atoms with van der Waals surface area (Å²) in [5.41, 5.74) is 2.18. The van der Waals surface area contributed by atoms with Crippen LogP contribution in [0.1, 0.15) is 38.6 Å². The normalized spacial score (nSPS) is 27.3. The Kier molecular flexibility index (Phi) is 3.25. The molecule has 3 heteroatoms.